The number of rotatable bonds is 7. The topological polar surface area (TPSA) is 63.1 Å². The van der Waals surface area contributed by atoms with E-state index in [1.165, 1.54) is 0 Å². The lowest BCUT2D eigenvalue weighted by atomic mass is 10.2. The van der Waals surface area contributed by atoms with E-state index in [0.717, 1.165) is 5.56 Å². The van der Waals surface area contributed by atoms with Crippen molar-refractivity contribution in [1.82, 2.24) is 15.2 Å². The number of carbonyl (C=O) groups excluding carboxylic acids is 2. The molecule has 0 bridgehead atoms. The number of benzene rings is 2. The first kappa shape index (κ1) is 17.5. The summed E-state index contributed by atoms with van der Waals surface area (Å²) in [5, 5.41) is 5.64. The van der Waals surface area contributed by atoms with Crippen molar-refractivity contribution in [2.45, 2.75) is 6.54 Å². The summed E-state index contributed by atoms with van der Waals surface area (Å²) in [6.07, 6.45) is 1.89. The highest BCUT2D eigenvalue weighted by molar-refractivity contribution is 5.94. The second-order valence-corrected chi connectivity index (χ2v) is 5.88. The van der Waals surface area contributed by atoms with Gasteiger partial charge in [-0.15, -0.1) is 0 Å². The predicted molar refractivity (Wildman–Crippen MR) is 101 cm³/mol. The van der Waals surface area contributed by atoms with E-state index in [4.69, 9.17) is 0 Å². The lowest BCUT2D eigenvalue weighted by molar-refractivity contribution is 0.0923. The van der Waals surface area contributed by atoms with Crippen molar-refractivity contribution in [3.05, 3.63) is 95.8 Å². The molecule has 0 saturated heterocycles. The van der Waals surface area contributed by atoms with E-state index in [9.17, 15) is 9.59 Å². The Morgan fingerprint density at radius 3 is 2.04 bits per heavy atom. The smallest absolute Gasteiger partial charge is 0.267 e. The van der Waals surface area contributed by atoms with Gasteiger partial charge in [0.15, 0.2) is 0 Å². The molecule has 2 N–H and O–H groups in total. The molecule has 0 fully saturated rings. The number of hydrogen-bond acceptors (Lipinski definition) is 2. The maximum atomic E-state index is 12.4. The van der Waals surface area contributed by atoms with Crippen molar-refractivity contribution < 1.29 is 9.59 Å². The molecule has 1 aromatic heterocycles. The third-order valence-electron chi connectivity index (χ3n) is 3.99. The summed E-state index contributed by atoms with van der Waals surface area (Å²) in [4.78, 5) is 24.3. The van der Waals surface area contributed by atoms with Crippen LogP contribution in [0, 0.1) is 0 Å². The monoisotopic (exact) mass is 347 g/mol. The number of amides is 2. The van der Waals surface area contributed by atoms with E-state index < -0.39 is 0 Å². The first-order chi connectivity index (χ1) is 12.7. The van der Waals surface area contributed by atoms with Gasteiger partial charge >= 0.3 is 0 Å². The summed E-state index contributed by atoms with van der Waals surface area (Å²) >= 11 is 0. The van der Waals surface area contributed by atoms with E-state index in [2.05, 4.69) is 10.6 Å². The molecule has 132 valence electrons. The number of aromatic nitrogens is 1. The van der Waals surface area contributed by atoms with Crippen LogP contribution in [0.2, 0.25) is 0 Å². The molecule has 3 rings (SSSR count). The van der Waals surface area contributed by atoms with Gasteiger partial charge in [0, 0.05) is 31.4 Å². The van der Waals surface area contributed by atoms with Gasteiger partial charge < -0.3 is 15.2 Å². The highest BCUT2D eigenvalue weighted by atomic mass is 16.2. The molecule has 26 heavy (non-hydrogen) atoms. The van der Waals surface area contributed by atoms with Crippen molar-refractivity contribution in [2.75, 3.05) is 13.1 Å². The summed E-state index contributed by atoms with van der Waals surface area (Å²) in [7, 11) is 0. The Morgan fingerprint density at radius 2 is 1.35 bits per heavy atom. The second kappa shape index (κ2) is 8.67. The molecule has 0 radical (unpaired) electrons. The molecule has 5 heteroatoms. The van der Waals surface area contributed by atoms with Gasteiger partial charge in [-0.05, 0) is 29.8 Å². The maximum Gasteiger partial charge on any atom is 0.267 e. The van der Waals surface area contributed by atoms with Gasteiger partial charge in [-0.2, -0.15) is 0 Å². The minimum Gasteiger partial charge on any atom is -0.350 e. The molecule has 0 aliphatic rings. The van der Waals surface area contributed by atoms with Gasteiger partial charge in [-0.1, -0.05) is 48.5 Å². The van der Waals surface area contributed by atoms with Crippen LogP contribution in [-0.2, 0) is 6.54 Å². The van der Waals surface area contributed by atoms with Crippen LogP contribution in [0.25, 0.3) is 0 Å². The fourth-order valence-electron chi connectivity index (χ4n) is 2.67. The molecule has 0 atom stereocenters. The van der Waals surface area contributed by atoms with Crippen molar-refractivity contribution in [2.24, 2.45) is 0 Å². The zero-order valence-electron chi connectivity index (χ0n) is 14.4. The zero-order chi connectivity index (χ0) is 18.2. The molecule has 0 aliphatic carbocycles. The Hall–Kier alpha value is -3.34. The van der Waals surface area contributed by atoms with Crippen LogP contribution in [0.5, 0.6) is 0 Å². The molecule has 0 aliphatic heterocycles. The van der Waals surface area contributed by atoms with Crippen LogP contribution in [0.1, 0.15) is 26.4 Å². The van der Waals surface area contributed by atoms with Gasteiger partial charge in [-0.3, -0.25) is 9.59 Å². The van der Waals surface area contributed by atoms with Crippen LogP contribution in [0.4, 0.5) is 0 Å². The average molecular weight is 347 g/mol. The molecule has 0 unspecified atom stereocenters. The maximum absolute atomic E-state index is 12.4. The van der Waals surface area contributed by atoms with Gasteiger partial charge in [0.25, 0.3) is 11.8 Å². The highest BCUT2D eigenvalue weighted by Gasteiger charge is 2.11. The van der Waals surface area contributed by atoms with E-state index in [1.807, 2.05) is 65.4 Å². The molecule has 2 aromatic carbocycles. The van der Waals surface area contributed by atoms with Crippen LogP contribution >= 0.6 is 0 Å². The molecular formula is C21H21N3O2. The van der Waals surface area contributed by atoms with Crippen molar-refractivity contribution in [1.29, 1.82) is 0 Å². The fraction of sp³-hybridized carbons (Fsp3) is 0.143. The second-order valence-electron chi connectivity index (χ2n) is 5.88. The van der Waals surface area contributed by atoms with Gasteiger partial charge in [0.05, 0.1) is 0 Å². The summed E-state index contributed by atoms with van der Waals surface area (Å²) in [5.41, 5.74) is 2.34. The highest BCUT2D eigenvalue weighted by Crippen LogP contribution is 2.07. The Bertz CT molecular complexity index is 857. The summed E-state index contributed by atoms with van der Waals surface area (Å²) in [5.74, 6) is -0.299. The van der Waals surface area contributed by atoms with Crippen LogP contribution in [0.3, 0.4) is 0 Å². The lowest BCUT2D eigenvalue weighted by Crippen LogP contribution is -2.35. The standard InChI is InChI=1S/C21H21N3O2/c25-20(18-10-5-2-6-11-18)22-13-14-23-21(26)19-12-7-15-24(19)16-17-8-3-1-4-9-17/h1-12,15H,13-14,16H2,(H,22,25)(H,23,26). The fourth-order valence-corrected chi connectivity index (χ4v) is 2.67. The Balaban J connectivity index is 1.48. The van der Waals surface area contributed by atoms with Crippen LogP contribution < -0.4 is 10.6 Å². The zero-order valence-corrected chi connectivity index (χ0v) is 14.4. The molecule has 3 aromatic rings. The van der Waals surface area contributed by atoms with E-state index in [0.29, 0.717) is 30.9 Å². The van der Waals surface area contributed by atoms with Gasteiger partial charge in [-0.25, -0.2) is 0 Å². The number of carbonyl (C=O) groups is 2. The Kier molecular flexibility index (Phi) is 5.83. The first-order valence-electron chi connectivity index (χ1n) is 8.54. The van der Waals surface area contributed by atoms with Crippen molar-refractivity contribution >= 4 is 11.8 Å². The number of nitrogens with one attached hydrogen (secondary N) is 2. The Labute approximate surface area is 152 Å². The van der Waals surface area contributed by atoms with Gasteiger partial charge in [0.2, 0.25) is 0 Å². The average Bonchev–Trinajstić information content (AvgIpc) is 3.14. The third kappa shape index (κ3) is 4.60. The minimum absolute atomic E-state index is 0.146. The predicted octanol–water partition coefficient (Wildman–Crippen LogP) is 2.70. The molecule has 2 amide bonds. The normalized spacial score (nSPS) is 10.3. The molecule has 0 spiro atoms. The molecule has 1 heterocycles. The Morgan fingerprint density at radius 1 is 0.731 bits per heavy atom. The largest absolute Gasteiger partial charge is 0.350 e. The van der Waals surface area contributed by atoms with E-state index in [-0.39, 0.29) is 11.8 Å². The quantitative estimate of drug-likeness (QED) is 0.646. The van der Waals surface area contributed by atoms with Crippen molar-refractivity contribution in [3.8, 4) is 0 Å². The summed E-state index contributed by atoms with van der Waals surface area (Å²) < 4.78 is 1.91. The van der Waals surface area contributed by atoms with E-state index in [1.54, 1.807) is 18.2 Å². The number of hydrogen-bond donors (Lipinski definition) is 2. The number of nitrogens with zero attached hydrogens (tertiary/aromatic N) is 1. The van der Waals surface area contributed by atoms with E-state index >= 15 is 0 Å². The summed E-state index contributed by atoms with van der Waals surface area (Å²) in [6, 6.07) is 22.6. The molecular weight excluding hydrogens is 326 g/mol. The van der Waals surface area contributed by atoms with Crippen molar-refractivity contribution in [3.63, 3.8) is 0 Å². The molecule has 0 saturated carbocycles. The summed E-state index contributed by atoms with van der Waals surface area (Å²) in [6.45, 7) is 1.38. The van der Waals surface area contributed by atoms with Crippen LogP contribution in [-0.4, -0.2) is 29.5 Å². The van der Waals surface area contributed by atoms with Gasteiger partial charge in [0.1, 0.15) is 5.69 Å². The van der Waals surface area contributed by atoms with Crippen LogP contribution in [0.15, 0.2) is 79.0 Å². The third-order valence-corrected chi connectivity index (χ3v) is 3.99. The lowest BCUT2D eigenvalue weighted by Gasteiger charge is -2.10. The minimum atomic E-state index is -0.153. The molecule has 5 nitrogen and oxygen atoms in total. The first-order valence-corrected chi connectivity index (χ1v) is 8.54. The SMILES string of the molecule is O=C(NCCNC(=O)c1cccn1Cc1ccccc1)c1ccccc1.